The minimum Gasteiger partial charge on any atom is -0.271 e. The number of hydrogen-bond acceptors (Lipinski definition) is 3. The molecule has 0 aromatic heterocycles. The summed E-state index contributed by atoms with van der Waals surface area (Å²) >= 11 is 2.00. The van der Waals surface area contributed by atoms with Gasteiger partial charge in [-0.05, 0) is 60.8 Å². The summed E-state index contributed by atoms with van der Waals surface area (Å²) in [6, 6.07) is 4.18. The topological polar surface area (TPSA) is 38.0 Å². The van der Waals surface area contributed by atoms with Crippen molar-refractivity contribution in [3.63, 3.8) is 0 Å². The average Bonchev–Trinajstić information content (AvgIpc) is 2.43. The zero-order valence-electron chi connectivity index (χ0n) is 10.9. The molecule has 1 fully saturated rings. The predicted octanol–water partition coefficient (Wildman–Crippen LogP) is 2.87. The lowest BCUT2D eigenvalue weighted by atomic mass is 9.91. The molecule has 1 aliphatic heterocycles. The standard InChI is InChI=1S/C14H20F2N2S/c15-13-2-1-11(9-14(13)16)8-12(18-17)7-10-3-5-19-6-4-10/h1-2,9-10,12,18H,3-8,17H2. The molecule has 106 valence electrons. The summed E-state index contributed by atoms with van der Waals surface area (Å²) in [4.78, 5) is 0. The largest absolute Gasteiger partial charge is 0.271 e. The first-order valence-corrected chi connectivity index (χ1v) is 7.82. The van der Waals surface area contributed by atoms with Crippen LogP contribution in [-0.2, 0) is 6.42 Å². The van der Waals surface area contributed by atoms with Gasteiger partial charge in [0.2, 0.25) is 0 Å². The molecular weight excluding hydrogens is 266 g/mol. The van der Waals surface area contributed by atoms with E-state index in [4.69, 9.17) is 5.84 Å². The highest BCUT2D eigenvalue weighted by molar-refractivity contribution is 7.99. The van der Waals surface area contributed by atoms with Crippen LogP contribution >= 0.6 is 11.8 Å². The molecule has 0 amide bonds. The first kappa shape index (κ1) is 14.8. The van der Waals surface area contributed by atoms with Gasteiger partial charge in [0.25, 0.3) is 0 Å². The van der Waals surface area contributed by atoms with Crippen LogP contribution in [0.4, 0.5) is 8.78 Å². The molecule has 0 bridgehead atoms. The third-order valence-corrected chi connectivity index (χ3v) is 4.71. The van der Waals surface area contributed by atoms with Crippen LogP contribution in [0.5, 0.6) is 0 Å². The fraction of sp³-hybridized carbons (Fsp3) is 0.571. The summed E-state index contributed by atoms with van der Waals surface area (Å²) in [5, 5.41) is 0. The van der Waals surface area contributed by atoms with Gasteiger partial charge in [0, 0.05) is 6.04 Å². The van der Waals surface area contributed by atoms with E-state index in [1.807, 2.05) is 11.8 Å². The van der Waals surface area contributed by atoms with Gasteiger partial charge in [-0.15, -0.1) is 0 Å². The van der Waals surface area contributed by atoms with Crippen LogP contribution in [0.1, 0.15) is 24.8 Å². The average molecular weight is 286 g/mol. The van der Waals surface area contributed by atoms with Crippen LogP contribution in [0.25, 0.3) is 0 Å². The van der Waals surface area contributed by atoms with Crippen molar-refractivity contribution in [2.75, 3.05) is 11.5 Å². The molecule has 1 aliphatic rings. The smallest absolute Gasteiger partial charge is 0.159 e. The summed E-state index contributed by atoms with van der Waals surface area (Å²) in [5.74, 6) is 7.11. The van der Waals surface area contributed by atoms with Crippen molar-refractivity contribution in [3.05, 3.63) is 35.4 Å². The van der Waals surface area contributed by atoms with E-state index < -0.39 is 11.6 Å². The number of nitrogens with one attached hydrogen (secondary N) is 1. The number of rotatable bonds is 5. The van der Waals surface area contributed by atoms with Crippen molar-refractivity contribution >= 4 is 11.8 Å². The molecular formula is C14H20F2N2S. The molecule has 0 saturated carbocycles. The van der Waals surface area contributed by atoms with Gasteiger partial charge in [0.1, 0.15) is 0 Å². The molecule has 1 saturated heterocycles. The Morgan fingerprint density at radius 1 is 1.26 bits per heavy atom. The summed E-state index contributed by atoms with van der Waals surface area (Å²) in [5.41, 5.74) is 3.59. The van der Waals surface area contributed by atoms with Crippen LogP contribution < -0.4 is 11.3 Å². The maximum absolute atomic E-state index is 13.2. The van der Waals surface area contributed by atoms with Gasteiger partial charge in [0.15, 0.2) is 11.6 Å². The molecule has 2 rings (SSSR count). The van der Waals surface area contributed by atoms with E-state index in [0.29, 0.717) is 12.3 Å². The molecule has 19 heavy (non-hydrogen) atoms. The Labute approximate surface area is 117 Å². The Balaban J connectivity index is 1.92. The maximum Gasteiger partial charge on any atom is 0.159 e. The Hall–Kier alpha value is -0.650. The van der Waals surface area contributed by atoms with Crippen LogP contribution in [-0.4, -0.2) is 17.5 Å². The number of thioether (sulfide) groups is 1. The highest BCUT2D eigenvalue weighted by Crippen LogP contribution is 2.27. The Morgan fingerprint density at radius 2 is 2.00 bits per heavy atom. The second-order valence-corrected chi connectivity index (χ2v) is 6.33. The molecule has 1 heterocycles. The van der Waals surface area contributed by atoms with Crippen LogP contribution in [0.15, 0.2) is 18.2 Å². The fourth-order valence-corrected chi connectivity index (χ4v) is 3.75. The molecule has 1 aromatic rings. The molecule has 2 nitrogen and oxygen atoms in total. The van der Waals surface area contributed by atoms with Gasteiger partial charge < -0.3 is 0 Å². The van der Waals surface area contributed by atoms with Gasteiger partial charge in [-0.2, -0.15) is 11.8 Å². The van der Waals surface area contributed by atoms with E-state index in [0.717, 1.165) is 12.0 Å². The minimum atomic E-state index is -0.801. The van der Waals surface area contributed by atoms with Gasteiger partial charge >= 0.3 is 0 Å². The fourth-order valence-electron chi connectivity index (χ4n) is 2.55. The van der Waals surface area contributed by atoms with E-state index in [-0.39, 0.29) is 6.04 Å². The van der Waals surface area contributed by atoms with E-state index in [2.05, 4.69) is 5.43 Å². The summed E-state index contributed by atoms with van der Waals surface area (Å²) in [6.45, 7) is 0. The van der Waals surface area contributed by atoms with Gasteiger partial charge in [-0.25, -0.2) is 8.78 Å². The third kappa shape index (κ3) is 4.44. The van der Waals surface area contributed by atoms with Crippen molar-refractivity contribution in [1.29, 1.82) is 0 Å². The number of hydrogen-bond donors (Lipinski definition) is 2. The predicted molar refractivity (Wildman–Crippen MR) is 75.8 cm³/mol. The highest BCUT2D eigenvalue weighted by Gasteiger charge is 2.19. The SMILES string of the molecule is NNC(Cc1ccc(F)c(F)c1)CC1CCSCC1. The third-order valence-electron chi connectivity index (χ3n) is 3.66. The van der Waals surface area contributed by atoms with Crippen LogP contribution in [0.2, 0.25) is 0 Å². The normalized spacial score (nSPS) is 18.5. The van der Waals surface area contributed by atoms with Crippen molar-refractivity contribution in [3.8, 4) is 0 Å². The molecule has 0 radical (unpaired) electrons. The van der Waals surface area contributed by atoms with Gasteiger partial charge in [0.05, 0.1) is 0 Å². The van der Waals surface area contributed by atoms with E-state index >= 15 is 0 Å². The molecule has 1 atom stereocenters. The second-order valence-electron chi connectivity index (χ2n) is 5.11. The molecule has 5 heteroatoms. The highest BCUT2D eigenvalue weighted by atomic mass is 32.2. The first-order valence-electron chi connectivity index (χ1n) is 6.67. The van der Waals surface area contributed by atoms with Crippen LogP contribution in [0, 0.1) is 17.6 Å². The Bertz CT molecular complexity index is 408. The number of benzene rings is 1. The van der Waals surface area contributed by atoms with E-state index in [1.165, 1.54) is 36.5 Å². The second kappa shape index (κ2) is 7.22. The zero-order chi connectivity index (χ0) is 13.7. The van der Waals surface area contributed by atoms with Crippen molar-refractivity contribution in [2.24, 2.45) is 11.8 Å². The molecule has 0 spiro atoms. The molecule has 1 unspecified atom stereocenters. The van der Waals surface area contributed by atoms with Crippen LogP contribution in [0.3, 0.4) is 0 Å². The Morgan fingerprint density at radius 3 is 2.63 bits per heavy atom. The summed E-state index contributed by atoms with van der Waals surface area (Å²) in [7, 11) is 0. The minimum absolute atomic E-state index is 0.123. The van der Waals surface area contributed by atoms with Crippen molar-refractivity contribution < 1.29 is 8.78 Å². The number of halogens is 2. The molecule has 3 N–H and O–H groups in total. The zero-order valence-corrected chi connectivity index (χ0v) is 11.7. The number of hydrazine groups is 1. The van der Waals surface area contributed by atoms with E-state index in [1.54, 1.807) is 6.07 Å². The van der Waals surface area contributed by atoms with Crippen molar-refractivity contribution in [1.82, 2.24) is 5.43 Å². The Kier molecular flexibility index (Phi) is 5.60. The molecule has 0 aliphatic carbocycles. The molecule has 1 aromatic carbocycles. The first-order chi connectivity index (χ1) is 9.19. The summed E-state index contributed by atoms with van der Waals surface area (Å²) < 4.78 is 26.0. The summed E-state index contributed by atoms with van der Waals surface area (Å²) in [6.07, 6.45) is 4.08. The lowest BCUT2D eigenvalue weighted by molar-refractivity contribution is 0.365. The monoisotopic (exact) mass is 286 g/mol. The van der Waals surface area contributed by atoms with Crippen molar-refractivity contribution in [2.45, 2.75) is 31.7 Å². The van der Waals surface area contributed by atoms with Gasteiger partial charge in [-0.3, -0.25) is 11.3 Å². The maximum atomic E-state index is 13.2. The lowest BCUT2D eigenvalue weighted by Crippen LogP contribution is -2.38. The number of nitrogens with two attached hydrogens (primary N) is 1. The van der Waals surface area contributed by atoms with E-state index in [9.17, 15) is 8.78 Å². The lowest BCUT2D eigenvalue weighted by Gasteiger charge is -2.26. The quantitative estimate of drug-likeness (QED) is 0.645. The van der Waals surface area contributed by atoms with Gasteiger partial charge in [-0.1, -0.05) is 6.07 Å².